The smallest absolute Gasteiger partial charge is 0.196 e. The minimum atomic E-state index is 0. The monoisotopic (exact) mass is 561 g/mol. The van der Waals surface area contributed by atoms with E-state index < -0.39 is 0 Å². The van der Waals surface area contributed by atoms with Gasteiger partial charge in [-0.1, -0.05) is 30.3 Å². The summed E-state index contributed by atoms with van der Waals surface area (Å²) in [6, 6.07) is 16.3. The number of hydrogen-bond acceptors (Lipinski definition) is 4. The minimum absolute atomic E-state index is 0. The molecule has 0 unspecified atom stereocenters. The molecule has 1 aliphatic rings. The van der Waals surface area contributed by atoms with Gasteiger partial charge in [0.25, 0.3) is 0 Å². The lowest BCUT2D eigenvalue weighted by Gasteiger charge is -2.14. The van der Waals surface area contributed by atoms with Crippen molar-refractivity contribution in [2.75, 3.05) is 25.1 Å². The highest BCUT2D eigenvalue weighted by Crippen LogP contribution is 2.32. The topological polar surface area (TPSA) is 72.7 Å². The lowest BCUT2D eigenvalue weighted by molar-refractivity contribution is 0.297. The van der Waals surface area contributed by atoms with Crippen molar-refractivity contribution < 1.29 is 9.47 Å². The van der Waals surface area contributed by atoms with Crippen LogP contribution >= 0.6 is 24.0 Å². The Labute approximate surface area is 212 Å². The summed E-state index contributed by atoms with van der Waals surface area (Å²) >= 11 is 0. The quantitative estimate of drug-likeness (QED) is 0.255. The first-order valence-corrected chi connectivity index (χ1v) is 11.2. The van der Waals surface area contributed by atoms with Gasteiger partial charge in [0.05, 0.1) is 32.0 Å². The number of guanidine groups is 1. The molecule has 0 fully saturated rings. The maximum absolute atomic E-state index is 5.81. The molecular formula is C25H32IN5O2. The predicted molar refractivity (Wildman–Crippen MR) is 143 cm³/mol. The summed E-state index contributed by atoms with van der Waals surface area (Å²) < 4.78 is 13.6. The van der Waals surface area contributed by atoms with Gasteiger partial charge in [0.1, 0.15) is 0 Å². The fraction of sp³-hybridized carbons (Fsp3) is 0.360. The van der Waals surface area contributed by atoms with Gasteiger partial charge in [0.15, 0.2) is 17.5 Å². The zero-order valence-electron chi connectivity index (χ0n) is 19.4. The highest BCUT2D eigenvalue weighted by molar-refractivity contribution is 14.0. The summed E-state index contributed by atoms with van der Waals surface area (Å²) in [5, 5.41) is 11.4. The van der Waals surface area contributed by atoms with E-state index in [1.54, 1.807) is 0 Å². The average molecular weight is 561 g/mol. The maximum atomic E-state index is 5.81. The molecule has 2 N–H and O–H groups in total. The molecule has 4 rings (SSSR count). The van der Waals surface area contributed by atoms with Gasteiger partial charge in [-0.3, -0.25) is 4.68 Å². The van der Waals surface area contributed by atoms with Gasteiger partial charge in [-0.05, 0) is 38.5 Å². The van der Waals surface area contributed by atoms with E-state index in [4.69, 9.17) is 19.6 Å². The Balaban J connectivity index is 0.00000306. The van der Waals surface area contributed by atoms with Gasteiger partial charge in [-0.2, -0.15) is 5.10 Å². The number of hydrogen-bond donors (Lipinski definition) is 2. The molecule has 1 aliphatic heterocycles. The molecule has 1 aromatic heterocycles. The molecule has 2 heterocycles. The van der Waals surface area contributed by atoms with E-state index in [9.17, 15) is 0 Å². The van der Waals surface area contributed by atoms with Crippen LogP contribution < -0.4 is 20.1 Å². The van der Waals surface area contributed by atoms with E-state index in [1.165, 1.54) is 5.56 Å². The van der Waals surface area contributed by atoms with Crippen molar-refractivity contribution in [2.24, 2.45) is 4.99 Å². The molecule has 0 saturated carbocycles. The van der Waals surface area contributed by atoms with E-state index in [2.05, 4.69) is 53.4 Å². The summed E-state index contributed by atoms with van der Waals surface area (Å²) in [6.45, 7) is 9.62. The van der Waals surface area contributed by atoms with E-state index in [-0.39, 0.29) is 24.0 Å². The molecule has 0 bridgehead atoms. The summed E-state index contributed by atoms with van der Waals surface area (Å²) in [4.78, 5) is 4.82. The molecule has 0 radical (unpaired) electrons. The number of ether oxygens (including phenoxy) is 2. The van der Waals surface area contributed by atoms with Gasteiger partial charge in [-0.25, -0.2) is 4.99 Å². The second kappa shape index (κ2) is 11.9. The highest BCUT2D eigenvalue weighted by Gasteiger charge is 2.13. The van der Waals surface area contributed by atoms with Crippen molar-refractivity contribution in [3.05, 3.63) is 71.0 Å². The number of anilines is 1. The molecule has 0 atom stereocenters. The largest absolute Gasteiger partial charge is 0.490 e. The molecule has 3 aromatic rings. The van der Waals surface area contributed by atoms with Crippen LogP contribution in [0.2, 0.25) is 0 Å². The molecule has 0 saturated heterocycles. The number of nitrogens with zero attached hydrogens (tertiary/aromatic N) is 3. The van der Waals surface area contributed by atoms with Crippen LogP contribution in [0.4, 0.5) is 5.69 Å². The summed E-state index contributed by atoms with van der Waals surface area (Å²) in [5.74, 6) is 2.26. The van der Waals surface area contributed by atoms with E-state index >= 15 is 0 Å². The third-order valence-electron chi connectivity index (χ3n) is 5.46. The number of benzene rings is 2. The average Bonchev–Trinajstić information content (AvgIpc) is 2.95. The second-order valence-corrected chi connectivity index (χ2v) is 7.82. The summed E-state index contributed by atoms with van der Waals surface area (Å²) in [5.41, 5.74) is 5.44. The SMILES string of the molecule is CCNC(=NCc1c(C)nn(Cc2ccccc2)c1C)Nc1ccc2c(c1)OCCCO2.I. The molecule has 7 nitrogen and oxygen atoms in total. The molecule has 8 heteroatoms. The standard InChI is InChI=1S/C25H31N5O2.HI/c1-4-26-25(28-21-11-12-23-24(15-21)32-14-8-13-31-23)27-16-22-18(2)29-30(19(22)3)17-20-9-6-5-7-10-20;/h5-7,9-12,15H,4,8,13-14,16-17H2,1-3H3,(H2,26,27,28);1H. The van der Waals surface area contributed by atoms with Crippen molar-refractivity contribution in [3.63, 3.8) is 0 Å². The zero-order valence-corrected chi connectivity index (χ0v) is 21.8. The Hall–Kier alpha value is -2.75. The molecule has 33 heavy (non-hydrogen) atoms. The summed E-state index contributed by atoms with van der Waals surface area (Å²) in [6.07, 6.45) is 0.887. The van der Waals surface area contributed by atoms with Crippen LogP contribution in [0.3, 0.4) is 0 Å². The second-order valence-electron chi connectivity index (χ2n) is 7.82. The van der Waals surface area contributed by atoms with E-state index in [0.29, 0.717) is 19.8 Å². The van der Waals surface area contributed by atoms with Crippen molar-refractivity contribution in [1.82, 2.24) is 15.1 Å². The van der Waals surface area contributed by atoms with Crippen molar-refractivity contribution >= 4 is 35.6 Å². The molecular weight excluding hydrogens is 529 g/mol. The van der Waals surface area contributed by atoms with Gasteiger partial charge in [-0.15, -0.1) is 24.0 Å². The van der Waals surface area contributed by atoms with Crippen molar-refractivity contribution in [1.29, 1.82) is 0 Å². The first kappa shape index (κ1) is 24.9. The number of aliphatic imine (C=N–C) groups is 1. The first-order valence-electron chi connectivity index (χ1n) is 11.2. The molecule has 0 aliphatic carbocycles. The van der Waals surface area contributed by atoms with Crippen LogP contribution in [0.25, 0.3) is 0 Å². The van der Waals surface area contributed by atoms with Crippen LogP contribution in [0.5, 0.6) is 11.5 Å². The van der Waals surface area contributed by atoms with Crippen LogP contribution in [0.1, 0.15) is 35.9 Å². The van der Waals surface area contributed by atoms with Crippen molar-refractivity contribution in [2.45, 2.75) is 40.3 Å². The van der Waals surface area contributed by atoms with Gasteiger partial charge < -0.3 is 20.1 Å². The van der Waals surface area contributed by atoms with Gasteiger partial charge >= 0.3 is 0 Å². The Bertz CT molecular complexity index is 1080. The first-order chi connectivity index (χ1) is 15.6. The zero-order chi connectivity index (χ0) is 22.3. The Morgan fingerprint density at radius 1 is 1.06 bits per heavy atom. The lowest BCUT2D eigenvalue weighted by Crippen LogP contribution is -2.30. The number of halogens is 1. The lowest BCUT2D eigenvalue weighted by atomic mass is 10.2. The number of aromatic nitrogens is 2. The third kappa shape index (κ3) is 6.40. The number of nitrogens with one attached hydrogen (secondary N) is 2. The van der Waals surface area contributed by atoms with Gasteiger partial charge in [0, 0.05) is 36.0 Å². The van der Waals surface area contributed by atoms with Crippen LogP contribution in [0.15, 0.2) is 53.5 Å². The summed E-state index contributed by atoms with van der Waals surface area (Å²) in [7, 11) is 0. The van der Waals surface area contributed by atoms with Crippen LogP contribution in [-0.4, -0.2) is 35.5 Å². The normalized spacial score (nSPS) is 13.1. The van der Waals surface area contributed by atoms with E-state index in [0.717, 1.165) is 59.6 Å². The number of fused-ring (bicyclic) bond motifs is 1. The molecule has 0 amide bonds. The Morgan fingerprint density at radius 2 is 1.82 bits per heavy atom. The maximum Gasteiger partial charge on any atom is 0.196 e. The fourth-order valence-electron chi connectivity index (χ4n) is 3.72. The van der Waals surface area contributed by atoms with Crippen LogP contribution in [0, 0.1) is 13.8 Å². The molecule has 0 spiro atoms. The minimum Gasteiger partial charge on any atom is -0.490 e. The van der Waals surface area contributed by atoms with Gasteiger partial charge in [0.2, 0.25) is 0 Å². The highest BCUT2D eigenvalue weighted by atomic mass is 127. The third-order valence-corrected chi connectivity index (χ3v) is 5.46. The van der Waals surface area contributed by atoms with Crippen LogP contribution in [-0.2, 0) is 13.1 Å². The predicted octanol–water partition coefficient (Wildman–Crippen LogP) is 4.91. The molecule has 2 aromatic carbocycles. The number of rotatable bonds is 6. The van der Waals surface area contributed by atoms with E-state index in [1.807, 2.05) is 31.2 Å². The van der Waals surface area contributed by atoms with Crippen molar-refractivity contribution in [3.8, 4) is 11.5 Å². The molecule has 176 valence electrons. The number of aryl methyl sites for hydroxylation is 1. The fourth-order valence-corrected chi connectivity index (χ4v) is 3.72. The Morgan fingerprint density at radius 3 is 2.58 bits per heavy atom. The Kier molecular flexibility index (Phi) is 8.99.